The van der Waals surface area contributed by atoms with E-state index >= 15 is 0 Å². The lowest BCUT2D eigenvalue weighted by molar-refractivity contribution is -0.255. The first-order chi connectivity index (χ1) is 10.6. The van der Waals surface area contributed by atoms with Crippen LogP contribution in [0.15, 0.2) is 42.5 Å². The van der Waals surface area contributed by atoms with Crippen LogP contribution in [-0.2, 0) is 0 Å². The fraction of sp³-hybridized carbons (Fsp3) is 0.0625. The number of carboxylic acids is 1. The summed E-state index contributed by atoms with van der Waals surface area (Å²) < 4.78 is 0.962. The number of thiazole rings is 1. The Hall–Kier alpha value is -2.73. The van der Waals surface area contributed by atoms with Gasteiger partial charge in [0, 0.05) is 11.1 Å². The van der Waals surface area contributed by atoms with Crippen LogP contribution in [0.5, 0.6) is 0 Å². The lowest BCUT2D eigenvalue weighted by Gasteiger charge is -2.09. The molecule has 1 aromatic heterocycles. The fourth-order valence-electron chi connectivity index (χ4n) is 2.16. The van der Waals surface area contributed by atoms with E-state index in [1.54, 1.807) is 12.1 Å². The molecule has 2 aromatic carbocycles. The summed E-state index contributed by atoms with van der Waals surface area (Å²) >= 11 is 1.34. The largest absolute Gasteiger partial charge is 0.545 e. The highest BCUT2D eigenvalue weighted by Crippen LogP contribution is 2.28. The summed E-state index contributed by atoms with van der Waals surface area (Å²) in [4.78, 5) is 27.7. The van der Waals surface area contributed by atoms with Crippen LogP contribution in [0.25, 0.3) is 10.2 Å². The molecule has 0 spiro atoms. The summed E-state index contributed by atoms with van der Waals surface area (Å²) in [5, 5.41) is 14.1. The molecule has 0 saturated carbocycles. The molecule has 0 bridgehead atoms. The molecule has 0 aliphatic rings. The Labute approximate surface area is 130 Å². The molecule has 0 unspecified atom stereocenters. The van der Waals surface area contributed by atoms with Gasteiger partial charge in [0.25, 0.3) is 5.91 Å². The summed E-state index contributed by atoms with van der Waals surface area (Å²) in [5.74, 6) is -1.90. The number of carboxylic acid groups (broad SMARTS) is 1. The number of nitrogens with zero attached hydrogens (tertiary/aromatic N) is 1. The quantitative estimate of drug-likeness (QED) is 0.804. The van der Waals surface area contributed by atoms with E-state index in [9.17, 15) is 14.7 Å². The van der Waals surface area contributed by atoms with E-state index in [4.69, 9.17) is 0 Å². The van der Waals surface area contributed by atoms with E-state index in [1.807, 2.05) is 25.1 Å². The number of hydrogen-bond acceptors (Lipinski definition) is 5. The second kappa shape index (κ2) is 5.57. The molecule has 0 aliphatic heterocycles. The second-order valence-electron chi connectivity index (χ2n) is 4.73. The number of hydrogen-bond donors (Lipinski definition) is 1. The third-order valence-corrected chi connectivity index (χ3v) is 4.17. The van der Waals surface area contributed by atoms with E-state index in [2.05, 4.69) is 10.3 Å². The van der Waals surface area contributed by atoms with Crippen molar-refractivity contribution >= 4 is 38.6 Å². The molecule has 5 nitrogen and oxygen atoms in total. The molecule has 110 valence electrons. The van der Waals surface area contributed by atoms with Crippen LogP contribution in [0.2, 0.25) is 0 Å². The lowest BCUT2D eigenvalue weighted by Crippen LogP contribution is -2.26. The van der Waals surface area contributed by atoms with Crippen molar-refractivity contribution < 1.29 is 14.7 Å². The van der Waals surface area contributed by atoms with Gasteiger partial charge >= 0.3 is 0 Å². The molecular formula is C16H11N2O3S-. The van der Waals surface area contributed by atoms with Gasteiger partial charge in [0.1, 0.15) is 0 Å². The first-order valence-corrected chi connectivity index (χ1v) is 7.36. The predicted octanol–water partition coefficient (Wildman–Crippen LogP) is 2.22. The molecule has 3 aromatic rings. The highest BCUT2D eigenvalue weighted by Gasteiger charge is 2.14. The number of fused-ring (bicyclic) bond motifs is 1. The second-order valence-corrected chi connectivity index (χ2v) is 5.76. The van der Waals surface area contributed by atoms with Gasteiger partial charge in [-0.2, -0.15) is 0 Å². The average molecular weight is 311 g/mol. The molecule has 1 N–H and O–H groups in total. The number of aryl methyl sites for hydroxylation is 1. The normalized spacial score (nSPS) is 10.6. The minimum Gasteiger partial charge on any atom is -0.545 e. The van der Waals surface area contributed by atoms with E-state index in [1.165, 1.54) is 23.5 Å². The molecule has 0 fully saturated rings. The van der Waals surface area contributed by atoms with Gasteiger partial charge in [-0.3, -0.25) is 10.1 Å². The number of rotatable bonds is 3. The highest BCUT2D eigenvalue weighted by atomic mass is 32.1. The highest BCUT2D eigenvalue weighted by molar-refractivity contribution is 7.22. The van der Waals surface area contributed by atoms with Crippen LogP contribution in [0, 0.1) is 6.92 Å². The van der Waals surface area contributed by atoms with Gasteiger partial charge in [0.15, 0.2) is 5.13 Å². The maximum Gasteiger partial charge on any atom is 0.258 e. The van der Waals surface area contributed by atoms with Crippen LogP contribution in [0.1, 0.15) is 26.3 Å². The molecule has 0 saturated heterocycles. The monoisotopic (exact) mass is 311 g/mol. The SMILES string of the molecule is Cc1cccc2sc(NC(=O)c3ccccc3C(=O)[O-])nc12. The first-order valence-electron chi connectivity index (χ1n) is 6.54. The van der Waals surface area contributed by atoms with Gasteiger partial charge in [-0.05, 0) is 24.6 Å². The number of nitrogens with one attached hydrogen (secondary N) is 1. The number of para-hydroxylation sites is 1. The van der Waals surface area contributed by atoms with Crippen molar-refractivity contribution in [1.82, 2.24) is 4.98 Å². The van der Waals surface area contributed by atoms with Crippen LogP contribution in [0.3, 0.4) is 0 Å². The Balaban J connectivity index is 1.93. The minimum absolute atomic E-state index is 0.0541. The van der Waals surface area contributed by atoms with Crippen molar-refractivity contribution in [3.8, 4) is 0 Å². The predicted molar refractivity (Wildman–Crippen MR) is 83.1 cm³/mol. The number of aromatic carboxylic acids is 1. The Morgan fingerprint density at radius 3 is 2.50 bits per heavy atom. The molecule has 6 heteroatoms. The first kappa shape index (κ1) is 14.2. The van der Waals surface area contributed by atoms with E-state index in [0.717, 1.165) is 15.8 Å². The molecule has 0 aliphatic carbocycles. The van der Waals surface area contributed by atoms with Gasteiger partial charge < -0.3 is 9.90 Å². The maximum atomic E-state index is 12.3. The van der Waals surface area contributed by atoms with Crippen LogP contribution >= 0.6 is 11.3 Å². The van der Waals surface area contributed by atoms with Crippen LogP contribution in [0.4, 0.5) is 5.13 Å². The van der Waals surface area contributed by atoms with Gasteiger partial charge in [0.05, 0.1) is 16.2 Å². The molecule has 22 heavy (non-hydrogen) atoms. The Morgan fingerprint density at radius 1 is 1.09 bits per heavy atom. The van der Waals surface area contributed by atoms with Crippen molar-refractivity contribution in [3.05, 3.63) is 59.2 Å². The number of carbonyl (C=O) groups is 2. The summed E-state index contributed by atoms with van der Waals surface area (Å²) in [6.07, 6.45) is 0. The van der Waals surface area contributed by atoms with Crippen molar-refractivity contribution in [3.63, 3.8) is 0 Å². The van der Waals surface area contributed by atoms with Crippen molar-refractivity contribution in [1.29, 1.82) is 0 Å². The average Bonchev–Trinajstić information content (AvgIpc) is 2.91. The number of anilines is 1. The third kappa shape index (κ3) is 2.56. The van der Waals surface area contributed by atoms with Crippen LogP contribution < -0.4 is 10.4 Å². The molecule has 1 heterocycles. The summed E-state index contributed by atoms with van der Waals surface area (Å²) in [5.41, 5.74) is 1.76. The molecule has 0 atom stereocenters. The Bertz CT molecular complexity index is 886. The standard InChI is InChI=1S/C16H12N2O3S/c1-9-5-4-8-12-13(9)17-16(22-12)18-14(19)10-6-2-3-7-11(10)15(20)21/h2-8H,1H3,(H,20,21)(H,17,18,19)/p-1. The molecular weight excluding hydrogens is 300 g/mol. The maximum absolute atomic E-state index is 12.3. The number of aromatic nitrogens is 1. The zero-order chi connectivity index (χ0) is 15.7. The zero-order valence-corrected chi connectivity index (χ0v) is 12.4. The molecule has 1 amide bonds. The zero-order valence-electron chi connectivity index (χ0n) is 11.6. The third-order valence-electron chi connectivity index (χ3n) is 3.23. The Morgan fingerprint density at radius 2 is 1.82 bits per heavy atom. The Kier molecular flexibility index (Phi) is 3.60. The number of carbonyl (C=O) groups excluding carboxylic acids is 2. The van der Waals surface area contributed by atoms with Gasteiger partial charge in [-0.1, -0.05) is 41.7 Å². The number of amides is 1. The van der Waals surface area contributed by atoms with Crippen molar-refractivity contribution in [2.45, 2.75) is 6.92 Å². The van der Waals surface area contributed by atoms with Crippen molar-refractivity contribution in [2.24, 2.45) is 0 Å². The molecule has 3 rings (SSSR count). The minimum atomic E-state index is -1.38. The number of benzene rings is 2. The summed E-state index contributed by atoms with van der Waals surface area (Å²) in [6.45, 7) is 1.94. The smallest absolute Gasteiger partial charge is 0.258 e. The van der Waals surface area contributed by atoms with E-state index in [-0.39, 0.29) is 11.1 Å². The van der Waals surface area contributed by atoms with Gasteiger partial charge in [-0.25, -0.2) is 4.98 Å². The van der Waals surface area contributed by atoms with Crippen LogP contribution in [-0.4, -0.2) is 16.9 Å². The van der Waals surface area contributed by atoms with Gasteiger partial charge in [0.2, 0.25) is 0 Å². The van der Waals surface area contributed by atoms with E-state index < -0.39 is 11.9 Å². The van der Waals surface area contributed by atoms with Crippen molar-refractivity contribution in [2.75, 3.05) is 5.32 Å². The summed E-state index contributed by atoms with van der Waals surface area (Å²) in [6, 6.07) is 11.7. The fourth-order valence-corrected chi connectivity index (χ4v) is 3.10. The topological polar surface area (TPSA) is 82.1 Å². The van der Waals surface area contributed by atoms with Gasteiger partial charge in [-0.15, -0.1) is 0 Å². The molecule has 0 radical (unpaired) electrons. The lowest BCUT2D eigenvalue weighted by atomic mass is 10.1. The summed E-state index contributed by atoms with van der Waals surface area (Å²) in [7, 11) is 0. The van der Waals surface area contributed by atoms with E-state index in [0.29, 0.717) is 5.13 Å².